The molecular weight excluding hydrogens is 293 g/mol. The largest absolute Gasteiger partial charge is 0.375 e. The number of nitrogens with one attached hydrogen (secondary N) is 1. The van der Waals surface area contributed by atoms with E-state index in [1.807, 2.05) is 0 Å². The van der Waals surface area contributed by atoms with Gasteiger partial charge in [0.05, 0.1) is 32.9 Å². The molecule has 8 heteroatoms. The number of hydrogen-bond acceptors (Lipinski definition) is 5. The van der Waals surface area contributed by atoms with E-state index in [2.05, 4.69) is 10.5 Å². The summed E-state index contributed by atoms with van der Waals surface area (Å²) in [6.07, 6.45) is 0. The maximum absolute atomic E-state index is 10.6. The van der Waals surface area contributed by atoms with Crippen molar-refractivity contribution in [3.05, 3.63) is 49.8 Å². The molecule has 1 heterocycles. The first-order chi connectivity index (χ1) is 8.97. The highest BCUT2D eigenvalue weighted by molar-refractivity contribution is 6.39. The molecule has 0 unspecified atom stereocenters. The number of rotatable bonds is 4. The molecule has 100 valence electrons. The van der Waals surface area contributed by atoms with E-state index in [-0.39, 0.29) is 15.7 Å². The summed E-state index contributed by atoms with van der Waals surface area (Å²) in [4.78, 5) is 10.1. The molecule has 0 fully saturated rings. The van der Waals surface area contributed by atoms with Gasteiger partial charge in [-0.05, 0) is 6.92 Å². The highest BCUT2D eigenvalue weighted by Gasteiger charge is 2.14. The molecule has 0 atom stereocenters. The molecule has 2 aromatic rings. The number of halogens is 2. The summed E-state index contributed by atoms with van der Waals surface area (Å²) in [7, 11) is 0. The van der Waals surface area contributed by atoms with Gasteiger partial charge < -0.3 is 9.84 Å². The van der Waals surface area contributed by atoms with Gasteiger partial charge in [-0.1, -0.05) is 28.4 Å². The van der Waals surface area contributed by atoms with Crippen molar-refractivity contribution in [2.24, 2.45) is 0 Å². The van der Waals surface area contributed by atoms with Gasteiger partial charge >= 0.3 is 0 Å². The van der Waals surface area contributed by atoms with Crippen LogP contribution in [0.3, 0.4) is 0 Å². The Kier molecular flexibility index (Phi) is 3.92. The Hall–Kier alpha value is -1.79. The van der Waals surface area contributed by atoms with Crippen molar-refractivity contribution in [1.29, 1.82) is 0 Å². The zero-order valence-electron chi connectivity index (χ0n) is 9.81. The van der Waals surface area contributed by atoms with Gasteiger partial charge in [-0.25, -0.2) is 0 Å². The minimum atomic E-state index is -0.554. The minimum Gasteiger partial charge on any atom is -0.375 e. The molecule has 0 saturated carbocycles. The monoisotopic (exact) mass is 301 g/mol. The lowest BCUT2D eigenvalue weighted by atomic mass is 10.2. The lowest BCUT2D eigenvalue weighted by Gasteiger charge is -2.08. The number of nitro groups is 1. The second-order valence-corrected chi connectivity index (χ2v) is 4.64. The van der Waals surface area contributed by atoms with E-state index in [1.165, 1.54) is 12.1 Å². The molecule has 0 aliphatic carbocycles. The molecule has 2 rings (SSSR count). The van der Waals surface area contributed by atoms with E-state index in [9.17, 15) is 10.1 Å². The predicted molar refractivity (Wildman–Crippen MR) is 71.7 cm³/mol. The average Bonchev–Trinajstić information content (AvgIpc) is 2.73. The van der Waals surface area contributed by atoms with Crippen molar-refractivity contribution < 1.29 is 9.45 Å². The number of hydrogen-bond donors (Lipinski definition) is 1. The number of benzene rings is 1. The summed E-state index contributed by atoms with van der Waals surface area (Å²) in [6.45, 7) is 2.14. The van der Waals surface area contributed by atoms with E-state index in [1.54, 1.807) is 13.0 Å². The zero-order valence-corrected chi connectivity index (χ0v) is 11.3. The van der Waals surface area contributed by atoms with Crippen LogP contribution >= 0.6 is 23.2 Å². The molecule has 0 saturated heterocycles. The number of nitro benzene ring substituents is 1. The third-order valence-electron chi connectivity index (χ3n) is 2.35. The number of aryl methyl sites for hydroxylation is 1. The second kappa shape index (κ2) is 5.46. The van der Waals surface area contributed by atoms with Gasteiger partial charge in [-0.15, -0.1) is 0 Å². The lowest BCUT2D eigenvalue weighted by molar-refractivity contribution is -0.384. The quantitative estimate of drug-likeness (QED) is 0.686. The summed E-state index contributed by atoms with van der Waals surface area (Å²) in [5.74, 6) is 0.614. The fourth-order valence-corrected chi connectivity index (χ4v) is 2.12. The maximum Gasteiger partial charge on any atom is 0.272 e. The number of anilines is 1. The Morgan fingerprint density at radius 2 is 2.00 bits per heavy atom. The molecule has 19 heavy (non-hydrogen) atoms. The summed E-state index contributed by atoms with van der Waals surface area (Å²) in [5.41, 5.74) is 1.02. The standard InChI is InChI=1S/C11H9Cl2N3O3/c1-6-2-8(19-15-6)5-14-11-9(12)3-7(16(17)18)4-10(11)13/h2-4,14H,5H2,1H3. The normalized spacial score (nSPS) is 10.5. The Bertz CT molecular complexity index is 604. The topological polar surface area (TPSA) is 81.2 Å². The molecule has 6 nitrogen and oxygen atoms in total. The Labute approximate surface area is 118 Å². The van der Waals surface area contributed by atoms with Gasteiger partial charge in [0.25, 0.3) is 5.69 Å². The van der Waals surface area contributed by atoms with Gasteiger partial charge in [0.1, 0.15) is 0 Å². The van der Waals surface area contributed by atoms with E-state index in [0.717, 1.165) is 5.69 Å². The van der Waals surface area contributed by atoms with Crippen LogP contribution < -0.4 is 5.32 Å². The molecule has 0 bridgehead atoms. The van der Waals surface area contributed by atoms with Crippen LogP contribution in [-0.4, -0.2) is 10.1 Å². The Balaban J connectivity index is 2.18. The maximum atomic E-state index is 10.6. The van der Waals surface area contributed by atoms with Gasteiger partial charge in [0.2, 0.25) is 0 Å². The summed E-state index contributed by atoms with van der Waals surface area (Å²) in [6, 6.07) is 4.24. The lowest BCUT2D eigenvalue weighted by Crippen LogP contribution is -2.00. The van der Waals surface area contributed by atoms with E-state index in [0.29, 0.717) is 18.0 Å². The molecule has 1 aromatic carbocycles. The van der Waals surface area contributed by atoms with Crippen LogP contribution in [0.25, 0.3) is 0 Å². The smallest absolute Gasteiger partial charge is 0.272 e. The van der Waals surface area contributed by atoms with Crippen LogP contribution in [0, 0.1) is 17.0 Å². The van der Waals surface area contributed by atoms with Gasteiger partial charge in [-0.3, -0.25) is 10.1 Å². The predicted octanol–water partition coefficient (Wildman–Crippen LogP) is 3.81. The van der Waals surface area contributed by atoms with Crippen LogP contribution in [-0.2, 0) is 6.54 Å². The first-order valence-corrected chi connectivity index (χ1v) is 6.02. The zero-order chi connectivity index (χ0) is 14.0. The molecule has 1 N–H and O–H groups in total. The van der Waals surface area contributed by atoms with Crippen LogP contribution in [0.2, 0.25) is 10.0 Å². The second-order valence-electron chi connectivity index (χ2n) is 3.83. The van der Waals surface area contributed by atoms with Crippen molar-refractivity contribution in [3.8, 4) is 0 Å². The van der Waals surface area contributed by atoms with Crippen molar-refractivity contribution in [1.82, 2.24) is 5.16 Å². The van der Waals surface area contributed by atoms with E-state index in [4.69, 9.17) is 27.7 Å². The van der Waals surface area contributed by atoms with Gasteiger partial charge in [0, 0.05) is 18.2 Å². The highest BCUT2D eigenvalue weighted by atomic mass is 35.5. The van der Waals surface area contributed by atoms with E-state index >= 15 is 0 Å². The van der Waals surface area contributed by atoms with Crippen molar-refractivity contribution >= 4 is 34.6 Å². The highest BCUT2D eigenvalue weighted by Crippen LogP contribution is 2.34. The van der Waals surface area contributed by atoms with Crippen LogP contribution in [0.15, 0.2) is 22.7 Å². The van der Waals surface area contributed by atoms with Crippen molar-refractivity contribution in [2.45, 2.75) is 13.5 Å². The number of nitrogens with zero attached hydrogens (tertiary/aromatic N) is 2. The number of aromatic nitrogens is 1. The molecular formula is C11H9Cl2N3O3. The molecule has 0 aliphatic heterocycles. The van der Waals surface area contributed by atoms with Gasteiger partial charge in [0.15, 0.2) is 5.76 Å². The van der Waals surface area contributed by atoms with Crippen LogP contribution in [0.5, 0.6) is 0 Å². The minimum absolute atomic E-state index is 0.156. The fraction of sp³-hybridized carbons (Fsp3) is 0.182. The molecule has 0 spiro atoms. The van der Waals surface area contributed by atoms with Crippen molar-refractivity contribution in [3.63, 3.8) is 0 Å². The van der Waals surface area contributed by atoms with Crippen LogP contribution in [0.1, 0.15) is 11.5 Å². The summed E-state index contributed by atoms with van der Waals surface area (Å²) < 4.78 is 5.02. The summed E-state index contributed by atoms with van der Waals surface area (Å²) in [5, 5.41) is 17.7. The molecule has 0 amide bonds. The molecule has 0 radical (unpaired) electrons. The molecule has 0 aliphatic rings. The summed E-state index contributed by atoms with van der Waals surface area (Å²) >= 11 is 11.9. The van der Waals surface area contributed by atoms with Crippen LogP contribution in [0.4, 0.5) is 11.4 Å². The van der Waals surface area contributed by atoms with E-state index < -0.39 is 4.92 Å². The Morgan fingerprint density at radius 1 is 1.37 bits per heavy atom. The first kappa shape index (κ1) is 13.6. The fourth-order valence-electron chi connectivity index (χ4n) is 1.51. The average molecular weight is 302 g/mol. The Morgan fingerprint density at radius 3 is 2.47 bits per heavy atom. The third kappa shape index (κ3) is 3.15. The van der Waals surface area contributed by atoms with Crippen molar-refractivity contribution in [2.75, 3.05) is 5.32 Å². The number of non-ortho nitro benzene ring substituents is 1. The molecule has 1 aromatic heterocycles. The third-order valence-corrected chi connectivity index (χ3v) is 2.95. The SMILES string of the molecule is Cc1cc(CNc2c(Cl)cc([N+](=O)[O-])cc2Cl)on1. The first-order valence-electron chi connectivity index (χ1n) is 5.27. The van der Waals surface area contributed by atoms with Gasteiger partial charge in [-0.2, -0.15) is 0 Å².